The molecule has 3 aromatic rings. The van der Waals surface area contributed by atoms with Gasteiger partial charge in [-0.1, -0.05) is 38.1 Å². The van der Waals surface area contributed by atoms with E-state index in [1.165, 1.54) is 11.1 Å². The lowest BCUT2D eigenvalue weighted by Crippen LogP contribution is -2.02. The number of rotatable bonds is 5. The number of benzene rings is 2. The molecular weight excluding hydrogens is 298 g/mol. The minimum atomic E-state index is 0.462. The molecule has 0 atom stereocenters. The minimum Gasteiger partial charge on any atom is -0.339 e. The van der Waals surface area contributed by atoms with Crippen LogP contribution < -0.4 is 10.6 Å². The Labute approximate surface area is 142 Å². The van der Waals surface area contributed by atoms with Gasteiger partial charge in [0.2, 0.25) is 5.95 Å². The van der Waals surface area contributed by atoms with Crippen molar-refractivity contribution < 1.29 is 0 Å². The van der Waals surface area contributed by atoms with Crippen LogP contribution in [0.3, 0.4) is 0 Å². The molecule has 0 radical (unpaired) electrons. The summed E-state index contributed by atoms with van der Waals surface area (Å²) in [5, 5.41) is 14.5. The molecule has 2 N–H and O–H groups in total. The highest BCUT2D eigenvalue weighted by atomic mass is 15.3. The van der Waals surface area contributed by atoms with Gasteiger partial charge >= 0.3 is 0 Å². The summed E-state index contributed by atoms with van der Waals surface area (Å²) in [5.74, 6) is 1.63. The second kappa shape index (κ2) is 7.08. The summed E-state index contributed by atoms with van der Waals surface area (Å²) in [6.07, 6.45) is 1.61. The first kappa shape index (κ1) is 15.9. The molecule has 0 aliphatic heterocycles. The molecule has 0 amide bonds. The molecule has 0 fully saturated rings. The average molecular weight is 319 g/mol. The van der Waals surface area contributed by atoms with E-state index < -0.39 is 0 Å². The molecule has 0 bridgehead atoms. The Hall–Kier alpha value is -2.95. The summed E-state index contributed by atoms with van der Waals surface area (Å²) >= 11 is 0. The van der Waals surface area contributed by atoms with E-state index in [4.69, 9.17) is 0 Å². The van der Waals surface area contributed by atoms with Crippen molar-refractivity contribution in [2.45, 2.75) is 26.7 Å². The zero-order chi connectivity index (χ0) is 16.9. The molecule has 2 aromatic carbocycles. The molecule has 5 heteroatoms. The Morgan fingerprint density at radius 1 is 0.917 bits per heavy atom. The quantitative estimate of drug-likeness (QED) is 0.708. The Morgan fingerprint density at radius 2 is 1.71 bits per heavy atom. The van der Waals surface area contributed by atoms with Crippen molar-refractivity contribution >= 4 is 23.1 Å². The first-order chi connectivity index (χ1) is 11.6. The lowest BCUT2D eigenvalue weighted by atomic mass is 10.0. The standard InChI is InChI=1S/C19H21N5/c1-13(2)15-7-9-16(10-8-15)21-18-12-20-24-19(23-18)22-17-6-4-5-14(3)11-17/h4-13H,1-3H3,(H2,21,22,23,24). The summed E-state index contributed by atoms with van der Waals surface area (Å²) < 4.78 is 0. The van der Waals surface area contributed by atoms with Crippen LogP contribution in [0.2, 0.25) is 0 Å². The van der Waals surface area contributed by atoms with Crippen LogP contribution in [-0.4, -0.2) is 15.2 Å². The molecule has 1 aromatic heterocycles. The molecular formula is C19H21N5. The van der Waals surface area contributed by atoms with Crippen LogP contribution in [0, 0.1) is 6.92 Å². The van der Waals surface area contributed by atoms with Gasteiger partial charge in [-0.05, 0) is 48.2 Å². The van der Waals surface area contributed by atoms with Crippen LogP contribution in [0.4, 0.5) is 23.1 Å². The van der Waals surface area contributed by atoms with Gasteiger partial charge in [0, 0.05) is 11.4 Å². The molecule has 122 valence electrons. The van der Waals surface area contributed by atoms with Crippen LogP contribution in [0.15, 0.2) is 54.7 Å². The van der Waals surface area contributed by atoms with Crippen molar-refractivity contribution in [3.63, 3.8) is 0 Å². The monoisotopic (exact) mass is 319 g/mol. The smallest absolute Gasteiger partial charge is 0.249 e. The molecule has 0 aliphatic carbocycles. The fraction of sp³-hybridized carbons (Fsp3) is 0.211. The summed E-state index contributed by atoms with van der Waals surface area (Å²) in [6, 6.07) is 16.4. The van der Waals surface area contributed by atoms with E-state index in [0.717, 1.165) is 11.4 Å². The van der Waals surface area contributed by atoms with E-state index in [1.54, 1.807) is 6.20 Å². The van der Waals surface area contributed by atoms with E-state index in [9.17, 15) is 0 Å². The topological polar surface area (TPSA) is 62.7 Å². The Bertz CT molecular complexity index is 812. The third-order valence-corrected chi connectivity index (χ3v) is 3.68. The number of hydrogen-bond donors (Lipinski definition) is 2. The maximum absolute atomic E-state index is 4.45. The van der Waals surface area contributed by atoms with Gasteiger partial charge in [-0.2, -0.15) is 10.1 Å². The first-order valence-electron chi connectivity index (χ1n) is 8.00. The number of aromatic nitrogens is 3. The molecule has 0 saturated carbocycles. The second-order valence-corrected chi connectivity index (χ2v) is 6.06. The lowest BCUT2D eigenvalue weighted by Gasteiger charge is -2.10. The van der Waals surface area contributed by atoms with Gasteiger partial charge in [0.05, 0.1) is 6.20 Å². The van der Waals surface area contributed by atoms with E-state index in [0.29, 0.717) is 17.7 Å². The minimum absolute atomic E-state index is 0.462. The molecule has 0 saturated heterocycles. The van der Waals surface area contributed by atoms with Gasteiger partial charge in [-0.25, -0.2) is 0 Å². The maximum Gasteiger partial charge on any atom is 0.249 e. The molecule has 0 unspecified atom stereocenters. The van der Waals surface area contributed by atoms with E-state index in [2.05, 4.69) is 51.8 Å². The molecule has 24 heavy (non-hydrogen) atoms. The highest BCUT2D eigenvalue weighted by molar-refractivity contribution is 5.59. The van der Waals surface area contributed by atoms with Gasteiger partial charge in [-0.3, -0.25) is 0 Å². The predicted octanol–water partition coefficient (Wildman–Crippen LogP) is 4.79. The zero-order valence-corrected chi connectivity index (χ0v) is 14.1. The maximum atomic E-state index is 4.45. The summed E-state index contributed by atoms with van der Waals surface area (Å²) in [4.78, 5) is 4.45. The normalized spacial score (nSPS) is 10.7. The highest BCUT2D eigenvalue weighted by Crippen LogP contribution is 2.20. The number of nitrogens with zero attached hydrogens (tertiary/aromatic N) is 3. The third kappa shape index (κ3) is 4.07. The first-order valence-corrected chi connectivity index (χ1v) is 8.00. The Morgan fingerprint density at radius 3 is 2.42 bits per heavy atom. The Balaban J connectivity index is 1.73. The Kier molecular flexibility index (Phi) is 4.70. The summed E-state index contributed by atoms with van der Waals surface area (Å²) in [6.45, 7) is 6.41. The fourth-order valence-corrected chi connectivity index (χ4v) is 2.37. The molecule has 0 spiro atoms. The number of aryl methyl sites for hydroxylation is 1. The van der Waals surface area contributed by atoms with Crippen molar-refractivity contribution in [2.24, 2.45) is 0 Å². The van der Waals surface area contributed by atoms with Gasteiger partial charge in [-0.15, -0.1) is 5.10 Å². The van der Waals surface area contributed by atoms with Crippen LogP contribution in [0.1, 0.15) is 30.9 Å². The van der Waals surface area contributed by atoms with Crippen molar-refractivity contribution in [2.75, 3.05) is 10.6 Å². The predicted molar refractivity (Wildman–Crippen MR) is 98.1 cm³/mol. The van der Waals surface area contributed by atoms with Crippen molar-refractivity contribution in [1.82, 2.24) is 15.2 Å². The molecule has 1 heterocycles. The summed E-state index contributed by atoms with van der Waals surface area (Å²) in [5.41, 5.74) is 4.40. The number of anilines is 4. The van der Waals surface area contributed by atoms with Crippen molar-refractivity contribution in [1.29, 1.82) is 0 Å². The lowest BCUT2D eigenvalue weighted by molar-refractivity contribution is 0.867. The molecule has 3 rings (SSSR count). The number of hydrogen-bond acceptors (Lipinski definition) is 5. The van der Waals surface area contributed by atoms with Crippen LogP contribution in [0.25, 0.3) is 0 Å². The van der Waals surface area contributed by atoms with E-state index in [1.807, 2.05) is 43.3 Å². The van der Waals surface area contributed by atoms with E-state index in [-0.39, 0.29) is 0 Å². The largest absolute Gasteiger partial charge is 0.339 e. The SMILES string of the molecule is Cc1cccc(Nc2nncc(Nc3ccc(C(C)C)cc3)n2)c1. The zero-order valence-electron chi connectivity index (χ0n) is 14.1. The van der Waals surface area contributed by atoms with Crippen molar-refractivity contribution in [3.8, 4) is 0 Å². The second-order valence-electron chi connectivity index (χ2n) is 6.06. The van der Waals surface area contributed by atoms with Gasteiger partial charge in [0.1, 0.15) is 0 Å². The van der Waals surface area contributed by atoms with Crippen LogP contribution >= 0.6 is 0 Å². The van der Waals surface area contributed by atoms with E-state index >= 15 is 0 Å². The average Bonchev–Trinajstić information content (AvgIpc) is 2.56. The van der Waals surface area contributed by atoms with Gasteiger partial charge in [0.25, 0.3) is 0 Å². The van der Waals surface area contributed by atoms with Gasteiger partial charge in [0.15, 0.2) is 5.82 Å². The molecule has 5 nitrogen and oxygen atoms in total. The molecule has 0 aliphatic rings. The van der Waals surface area contributed by atoms with Gasteiger partial charge < -0.3 is 10.6 Å². The third-order valence-electron chi connectivity index (χ3n) is 3.68. The van der Waals surface area contributed by atoms with Crippen molar-refractivity contribution in [3.05, 3.63) is 65.9 Å². The van der Waals surface area contributed by atoms with Crippen LogP contribution in [-0.2, 0) is 0 Å². The summed E-state index contributed by atoms with van der Waals surface area (Å²) in [7, 11) is 0. The highest BCUT2D eigenvalue weighted by Gasteiger charge is 2.03. The fourth-order valence-electron chi connectivity index (χ4n) is 2.37. The number of nitrogens with one attached hydrogen (secondary N) is 2. The van der Waals surface area contributed by atoms with Crippen LogP contribution in [0.5, 0.6) is 0 Å².